The van der Waals surface area contributed by atoms with E-state index in [0.717, 1.165) is 6.92 Å². The van der Waals surface area contributed by atoms with E-state index in [1.165, 1.54) is 0 Å². The number of aliphatic hydroxyl groups excluding tert-OH is 7. The van der Waals surface area contributed by atoms with Crippen LogP contribution in [0.2, 0.25) is 0 Å². The molecule has 0 aliphatic carbocycles. The standard InChI is InChI=1S/C14H25NO11/c1-4(18)15-7-9(20)8(19)5(2-16)25-14(7)26-12-6(3-17)24-13(23)11(22)10(12)21/h5-14,16-17,19-23H,2-3H2,1H3,(H,15,18)/t5-,6-,7-,8-,9-,10-,11+,12-,13?,14+/m1/s1. The van der Waals surface area contributed by atoms with Gasteiger partial charge in [0.05, 0.1) is 13.2 Å². The number of nitrogens with one attached hydrogen (secondary N) is 1. The summed E-state index contributed by atoms with van der Waals surface area (Å²) in [6, 6.07) is -1.28. The van der Waals surface area contributed by atoms with Crippen LogP contribution in [0, 0.1) is 0 Å². The molecule has 1 unspecified atom stereocenters. The minimum absolute atomic E-state index is 0.574. The average molecular weight is 383 g/mol. The number of hydrogen-bond donors (Lipinski definition) is 8. The summed E-state index contributed by atoms with van der Waals surface area (Å²) in [6.45, 7) is -0.194. The van der Waals surface area contributed by atoms with Crippen molar-refractivity contribution in [2.45, 2.75) is 68.3 Å². The molecule has 2 aliphatic rings. The van der Waals surface area contributed by atoms with E-state index in [2.05, 4.69) is 5.32 Å². The van der Waals surface area contributed by atoms with Crippen LogP contribution in [0.3, 0.4) is 0 Å². The topological polar surface area (TPSA) is 198 Å². The fraction of sp³-hybridized carbons (Fsp3) is 0.929. The summed E-state index contributed by atoms with van der Waals surface area (Å²) in [7, 11) is 0. The molecule has 0 aromatic carbocycles. The van der Waals surface area contributed by atoms with Crippen molar-refractivity contribution in [3.63, 3.8) is 0 Å². The molecule has 12 heteroatoms. The molecule has 2 fully saturated rings. The van der Waals surface area contributed by atoms with Gasteiger partial charge in [-0.15, -0.1) is 0 Å². The van der Waals surface area contributed by atoms with E-state index in [0.29, 0.717) is 0 Å². The minimum Gasteiger partial charge on any atom is -0.394 e. The fourth-order valence-electron chi connectivity index (χ4n) is 2.98. The van der Waals surface area contributed by atoms with Gasteiger partial charge in [0.15, 0.2) is 12.6 Å². The molecule has 0 saturated carbocycles. The lowest BCUT2D eigenvalue weighted by atomic mass is 9.95. The van der Waals surface area contributed by atoms with Crippen LogP contribution in [-0.4, -0.2) is 116 Å². The summed E-state index contributed by atoms with van der Waals surface area (Å²) in [5.74, 6) is -0.574. The Hall–Kier alpha value is -0.930. The van der Waals surface area contributed by atoms with E-state index in [1.807, 2.05) is 0 Å². The highest BCUT2D eigenvalue weighted by Crippen LogP contribution is 2.28. The van der Waals surface area contributed by atoms with Gasteiger partial charge in [-0.25, -0.2) is 0 Å². The monoisotopic (exact) mass is 383 g/mol. The van der Waals surface area contributed by atoms with E-state index in [9.17, 15) is 40.5 Å². The number of carbonyl (C=O) groups is 1. The van der Waals surface area contributed by atoms with Crippen molar-refractivity contribution >= 4 is 5.91 Å². The SMILES string of the molecule is CC(=O)N[C@H]1[C@H](O[C@H]2[C@H](O)[C@H](O)C(O)O[C@@H]2CO)O[C@H](CO)[C@@H](O)[C@@H]1O. The summed E-state index contributed by atoms with van der Waals surface area (Å²) >= 11 is 0. The molecule has 0 radical (unpaired) electrons. The van der Waals surface area contributed by atoms with E-state index < -0.39 is 80.5 Å². The summed E-state index contributed by atoms with van der Waals surface area (Å²) in [6.07, 6.45) is -13.6. The third-order valence-electron chi connectivity index (χ3n) is 4.38. The smallest absolute Gasteiger partial charge is 0.217 e. The lowest BCUT2D eigenvalue weighted by Crippen LogP contribution is -2.67. The quantitative estimate of drug-likeness (QED) is 0.226. The maximum absolute atomic E-state index is 11.4. The lowest BCUT2D eigenvalue weighted by molar-refractivity contribution is -0.341. The molecule has 152 valence electrons. The van der Waals surface area contributed by atoms with Crippen molar-refractivity contribution in [1.82, 2.24) is 5.32 Å². The lowest BCUT2D eigenvalue weighted by Gasteiger charge is -2.46. The zero-order valence-electron chi connectivity index (χ0n) is 14.0. The number of ether oxygens (including phenoxy) is 3. The van der Waals surface area contributed by atoms with Gasteiger partial charge >= 0.3 is 0 Å². The van der Waals surface area contributed by atoms with Crippen molar-refractivity contribution in [2.75, 3.05) is 13.2 Å². The van der Waals surface area contributed by atoms with Gasteiger partial charge in [0.25, 0.3) is 0 Å². The third-order valence-corrected chi connectivity index (χ3v) is 4.38. The molecule has 12 nitrogen and oxygen atoms in total. The highest BCUT2D eigenvalue weighted by atomic mass is 16.7. The van der Waals surface area contributed by atoms with Crippen LogP contribution in [0.15, 0.2) is 0 Å². The van der Waals surface area contributed by atoms with Crippen LogP contribution in [0.1, 0.15) is 6.92 Å². The second-order valence-electron chi connectivity index (χ2n) is 6.26. The Morgan fingerprint density at radius 2 is 1.54 bits per heavy atom. The molecule has 8 N–H and O–H groups in total. The number of hydrogen-bond acceptors (Lipinski definition) is 11. The second-order valence-corrected chi connectivity index (χ2v) is 6.26. The normalized spacial score (nSPS) is 46.8. The predicted octanol–water partition coefficient (Wildman–Crippen LogP) is -5.25. The molecule has 2 aliphatic heterocycles. The van der Waals surface area contributed by atoms with Gasteiger partial charge in [-0.3, -0.25) is 4.79 Å². The largest absolute Gasteiger partial charge is 0.394 e. The van der Waals surface area contributed by atoms with Gasteiger partial charge < -0.3 is 55.3 Å². The maximum atomic E-state index is 11.4. The first-order valence-electron chi connectivity index (χ1n) is 8.06. The van der Waals surface area contributed by atoms with Crippen LogP contribution in [0.4, 0.5) is 0 Å². The molecule has 10 atom stereocenters. The molecule has 26 heavy (non-hydrogen) atoms. The van der Waals surface area contributed by atoms with Crippen molar-refractivity contribution < 1.29 is 54.8 Å². The first-order valence-corrected chi connectivity index (χ1v) is 8.06. The summed E-state index contributed by atoms with van der Waals surface area (Å²) in [5, 5.41) is 70.5. The van der Waals surface area contributed by atoms with E-state index in [4.69, 9.17) is 14.2 Å². The van der Waals surface area contributed by atoms with Crippen LogP contribution in [0.5, 0.6) is 0 Å². The first kappa shape index (κ1) is 21.4. The van der Waals surface area contributed by atoms with Crippen molar-refractivity contribution in [3.05, 3.63) is 0 Å². The van der Waals surface area contributed by atoms with Crippen molar-refractivity contribution in [2.24, 2.45) is 0 Å². The molecule has 0 spiro atoms. The molecule has 1 amide bonds. The summed E-state index contributed by atoms with van der Waals surface area (Å²) < 4.78 is 15.8. The zero-order chi connectivity index (χ0) is 19.6. The molecule has 2 rings (SSSR count). The molecule has 0 bridgehead atoms. The van der Waals surface area contributed by atoms with Gasteiger partial charge in [-0.2, -0.15) is 0 Å². The zero-order valence-corrected chi connectivity index (χ0v) is 14.0. The van der Waals surface area contributed by atoms with Crippen molar-refractivity contribution in [1.29, 1.82) is 0 Å². The Bertz CT molecular complexity index is 478. The summed E-state index contributed by atoms with van der Waals surface area (Å²) in [4.78, 5) is 11.4. The van der Waals surface area contributed by atoms with E-state index >= 15 is 0 Å². The second kappa shape index (κ2) is 8.84. The third kappa shape index (κ3) is 4.31. The molecule has 2 saturated heterocycles. The molecular weight excluding hydrogens is 358 g/mol. The Kier molecular flexibility index (Phi) is 7.27. The highest BCUT2D eigenvalue weighted by molar-refractivity contribution is 5.73. The Balaban J connectivity index is 2.22. The van der Waals surface area contributed by atoms with Gasteiger partial charge in [0, 0.05) is 6.92 Å². The summed E-state index contributed by atoms with van der Waals surface area (Å²) in [5.41, 5.74) is 0. The van der Waals surface area contributed by atoms with Crippen LogP contribution in [-0.2, 0) is 19.0 Å². The number of amides is 1. The number of rotatable bonds is 5. The van der Waals surface area contributed by atoms with E-state index in [-0.39, 0.29) is 0 Å². The molecule has 2 heterocycles. The molecule has 0 aromatic heterocycles. The van der Waals surface area contributed by atoms with Gasteiger partial charge in [0.2, 0.25) is 5.91 Å². The van der Waals surface area contributed by atoms with E-state index in [1.54, 1.807) is 0 Å². The highest BCUT2D eigenvalue weighted by Gasteiger charge is 2.50. The van der Waals surface area contributed by atoms with Gasteiger partial charge in [-0.1, -0.05) is 0 Å². The van der Waals surface area contributed by atoms with Crippen LogP contribution in [0.25, 0.3) is 0 Å². The predicted molar refractivity (Wildman–Crippen MR) is 80.2 cm³/mol. The van der Waals surface area contributed by atoms with Crippen LogP contribution >= 0.6 is 0 Å². The fourth-order valence-corrected chi connectivity index (χ4v) is 2.98. The Labute approximate surface area is 148 Å². The molecular formula is C14H25NO11. The number of aliphatic hydroxyl groups is 7. The van der Waals surface area contributed by atoms with Gasteiger partial charge in [-0.05, 0) is 0 Å². The van der Waals surface area contributed by atoms with Gasteiger partial charge in [0.1, 0.15) is 48.8 Å². The maximum Gasteiger partial charge on any atom is 0.217 e. The van der Waals surface area contributed by atoms with Crippen LogP contribution < -0.4 is 5.32 Å². The average Bonchev–Trinajstić information content (AvgIpc) is 2.60. The Morgan fingerprint density at radius 3 is 2.08 bits per heavy atom. The first-order chi connectivity index (χ1) is 12.2. The minimum atomic E-state index is -1.75. The number of carbonyl (C=O) groups excluding carboxylic acids is 1. The van der Waals surface area contributed by atoms with Crippen molar-refractivity contribution in [3.8, 4) is 0 Å². The Morgan fingerprint density at radius 1 is 0.923 bits per heavy atom. The molecule has 0 aromatic rings.